The molecule has 0 spiro atoms. The number of hydrogen-bond acceptors (Lipinski definition) is 6. The second kappa shape index (κ2) is 12.1. The largest absolute Gasteiger partial charge is 0.489 e. The molecular weight excluding hydrogens is 458 g/mol. The van der Waals surface area contributed by atoms with Gasteiger partial charge in [0.05, 0.1) is 5.52 Å². The van der Waals surface area contributed by atoms with Crippen LogP contribution >= 0.6 is 0 Å². The smallest absolute Gasteiger partial charge is 0.225 e. The minimum atomic E-state index is 0.422. The van der Waals surface area contributed by atoms with Crippen molar-refractivity contribution < 1.29 is 4.74 Å². The van der Waals surface area contributed by atoms with Crippen LogP contribution in [0.25, 0.3) is 10.9 Å². The third-order valence-corrected chi connectivity index (χ3v) is 7.10. The lowest BCUT2D eigenvalue weighted by atomic mass is 9.86. The van der Waals surface area contributed by atoms with Gasteiger partial charge < -0.3 is 20.3 Å². The molecule has 6 heteroatoms. The molecular formula is C31H37N5O. The van der Waals surface area contributed by atoms with E-state index in [1.54, 1.807) is 0 Å². The molecule has 0 radical (unpaired) electrons. The summed E-state index contributed by atoms with van der Waals surface area (Å²) in [5, 5.41) is 8.37. The summed E-state index contributed by atoms with van der Waals surface area (Å²) in [4.78, 5) is 11.7. The summed E-state index contributed by atoms with van der Waals surface area (Å²) in [7, 11) is 4.07. The topological polar surface area (TPSA) is 62.3 Å². The van der Waals surface area contributed by atoms with E-state index in [4.69, 9.17) is 14.7 Å². The standard InChI is InChI=1S/C31H37N5O/c1-36(2)30-28-13-6-7-14-29(28)34-31(35-30)33-26-17-15-23(16-18-26)20-32-21-25-11-8-12-27(19-25)37-22-24-9-4-3-5-10-24/h3-14,19,23,26,32H,15-18,20-22H2,1-2H3,(H,33,34,35). The first kappa shape index (κ1) is 25.0. The van der Waals surface area contributed by atoms with Crippen molar-refractivity contribution in [2.24, 2.45) is 5.92 Å². The fourth-order valence-corrected chi connectivity index (χ4v) is 5.07. The highest BCUT2D eigenvalue weighted by atomic mass is 16.5. The summed E-state index contributed by atoms with van der Waals surface area (Å²) in [5.41, 5.74) is 3.42. The van der Waals surface area contributed by atoms with Crippen LogP contribution in [0.15, 0.2) is 78.9 Å². The molecule has 4 aromatic rings. The first-order valence-electron chi connectivity index (χ1n) is 13.3. The molecule has 5 rings (SSSR count). The first-order valence-corrected chi connectivity index (χ1v) is 13.3. The molecule has 1 aromatic heterocycles. The molecule has 37 heavy (non-hydrogen) atoms. The van der Waals surface area contributed by atoms with Gasteiger partial charge in [0.15, 0.2) is 0 Å². The van der Waals surface area contributed by atoms with Crippen LogP contribution in [-0.2, 0) is 13.2 Å². The van der Waals surface area contributed by atoms with Crippen molar-refractivity contribution in [1.82, 2.24) is 15.3 Å². The molecule has 3 aromatic carbocycles. The van der Waals surface area contributed by atoms with Crippen LogP contribution in [0.4, 0.5) is 11.8 Å². The number of nitrogens with one attached hydrogen (secondary N) is 2. The Labute approximate surface area is 220 Å². The maximum absolute atomic E-state index is 5.99. The highest BCUT2D eigenvalue weighted by molar-refractivity contribution is 5.90. The highest BCUT2D eigenvalue weighted by Crippen LogP contribution is 2.28. The molecule has 192 valence electrons. The maximum Gasteiger partial charge on any atom is 0.225 e. The zero-order valence-corrected chi connectivity index (χ0v) is 21.9. The van der Waals surface area contributed by atoms with Crippen LogP contribution in [0.3, 0.4) is 0 Å². The van der Waals surface area contributed by atoms with Crippen molar-refractivity contribution in [3.05, 3.63) is 90.0 Å². The zero-order chi connectivity index (χ0) is 25.5. The molecule has 0 amide bonds. The number of ether oxygens (including phenoxy) is 1. The fourth-order valence-electron chi connectivity index (χ4n) is 5.07. The van der Waals surface area contributed by atoms with E-state index in [9.17, 15) is 0 Å². The minimum Gasteiger partial charge on any atom is -0.489 e. The molecule has 6 nitrogen and oxygen atoms in total. The lowest BCUT2D eigenvalue weighted by Crippen LogP contribution is -2.31. The van der Waals surface area contributed by atoms with Crippen LogP contribution in [0.2, 0.25) is 0 Å². The Bertz CT molecular complexity index is 1290. The van der Waals surface area contributed by atoms with E-state index in [0.717, 1.165) is 54.3 Å². The average molecular weight is 496 g/mol. The van der Waals surface area contributed by atoms with E-state index in [1.807, 2.05) is 50.5 Å². The van der Waals surface area contributed by atoms with Gasteiger partial charge in [-0.2, -0.15) is 4.98 Å². The summed E-state index contributed by atoms with van der Waals surface area (Å²) in [6, 6.07) is 27.3. The third kappa shape index (κ3) is 6.77. The van der Waals surface area contributed by atoms with Crippen molar-refractivity contribution in [2.45, 2.75) is 44.9 Å². The van der Waals surface area contributed by atoms with Gasteiger partial charge in [0.1, 0.15) is 18.2 Å². The van der Waals surface area contributed by atoms with Crippen LogP contribution in [0.1, 0.15) is 36.8 Å². The Balaban J connectivity index is 1.07. The maximum atomic E-state index is 5.99. The number of benzene rings is 3. The Hall–Kier alpha value is -3.64. The number of fused-ring (bicyclic) bond motifs is 1. The van der Waals surface area contributed by atoms with Crippen LogP contribution in [-0.4, -0.2) is 36.6 Å². The van der Waals surface area contributed by atoms with Crippen molar-refractivity contribution in [3.8, 4) is 5.75 Å². The molecule has 1 saturated carbocycles. The number of nitrogens with zero attached hydrogens (tertiary/aromatic N) is 3. The highest BCUT2D eigenvalue weighted by Gasteiger charge is 2.22. The lowest BCUT2D eigenvalue weighted by Gasteiger charge is -2.29. The molecule has 0 atom stereocenters. The predicted octanol–water partition coefficient (Wildman–Crippen LogP) is 6.04. The van der Waals surface area contributed by atoms with Gasteiger partial charge in [0, 0.05) is 32.1 Å². The van der Waals surface area contributed by atoms with Crippen LogP contribution in [0.5, 0.6) is 5.75 Å². The molecule has 0 bridgehead atoms. The Morgan fingerprint density at radius 3 is 2.41 bits per heavy atom. The van der Waals surface area contributed by atoms with Gasteiger partial charge in [-0.3, -0.25) is 0 Å². The summed E-state index contributed by atoms with van der Waals surface area (Å²) < 4.78 is 5.99. The lowest BCUT2D eigenvalue weighted by molar-refractivity contribution is 0.305. The molecule has 1 aliphatic carbocycles. The van der Waals surface area contributed by atoms with Crippen molar-refractivity contribution in [1.29, 1.82) is 0 Å². The summed E-state index contributed by atoms with van der Waals surface area (Å²) >= 11 is 0. The number of hydrogen-bond donors (Lipinski definition) is 2. The second-order valence-corrected chi connectivity index (χ2v) is 10.2. The Kier molecular flexibility index (Phi) is 8.16. The Morgan fingerprint density at radius 1 is 0.838 bits per heavy atom. The van der Waals surface area contributed by atoms with Gasteiger partial charge in [0.25, 0.3) is 0 Å². The van der Waals surface area contributed by atoms with Gasteiger partial charge in [0.2, 0.25) is 5.95 Å². The van der Waals surface area contributed by atoms with E-state index >= 15 is 0 Å². The quantitative estimate of drug-likeness (QED) is 0.280. The van der Waals surface area contributed by atoms with Crippen LogP contribution < -0.4 is 20.3 Å². The molecule has 0 aliphatic heterocycles. The van der Waals surface area contributed by atoms with Gasteiger partial charge in [-0.05, 0) is 73.5 Å². The van der Waals surface area contributed by atoms with E-state index in [1.165, 1.54) is 24.0 Å². The predicted molar refractivity (Wildman–Crippen MR) is 152 cm³/mol. The van der Waals surface area contributed by atoms with Crippen molar-refractivity contribution in [2.75, 3.05) is 30.9 Å². The van der Waals surface area contributed by atoms with E-state index in [0.29, 0.717) is 18.6 Å². The van der Waals surface area contributed by atoms with Crippen molar-refractivity contribution in [3.63, 3.8) is 0 Å². The fraction of sp³-hybridized carbons (Fsp3) is 0.355. The summed E-state index contributed by atoms with van der Waals surface area (Å²) in [6.45, 7) is 2.49. The molecule has 1 aliphatic rings. The monoisotopic (exact) mass is 495 g/mol. The van der Waals surface area contributed by atoms with E-state index < -0.39 is 0 Å². The van der Waals surface area contributed by atoms with Gasteiger partial charge in [-0.15, -0.1) is 0 Å². The zero-order valence-electron chi connectivity index (χ0n) is 21.9. The summed E-state index contributed by atoms with van der Waals surface area (Å²) in [6.07, 6.45) is 4.70. The van der Waals surface area contributed by atoms with Gasteiger partial charge >= 0.3 is 0 Å². The van der Waals surface area contributed by atoms with Gasteiger partial charge in [-0.25, -0.2) is 4.98 Å². The number of aromatic nitrogens is 2. The average Bonchev–Trinajstić information content (AvgIpc) is 2.93. The molecule has 0 saturated heterocycles. The SMILES string of the molecule is CN(C)c1nc(NC2CCC(CNCc3cccc(OCc4ccccc4)c3)CC2)nc2ccccc12. The molecule has 1 fully saturated rings. The van der Waals surface area contributed by atoms with Crippen molar-refractivity contribution >= 4 is 22.7 Å². The third-order valence-electron chi connectivity index (χ3n) is 7.10. The van der Waals surface area contributed by atoms with E-state index in [2.05, 4.69) is 58.0 Å². The number of para-hydroxylation sites is 1. The summed E-state index contributed by atoms with van der Waals surface area (Å²) in [5.74, 6) is 3.31. The molecule has 2 N–H and O–H groups in total. The normalized spacial score (nSPS) is 17.5. The number of rotatable bonds is 10. The minimum absolute atomic E-state index is 0.422. The second-order valence-electron chi connectivity index (χ2n) is 10.2. The molecule has 1 heterocycles. The van der Waals surface area contributed by atoms with Gasteiger partial charge in [-0.1, -0.05) is 54.6 Å². The molecule has 0 unspecified atom stereocenters. The van der Waals surface area contributed by atoms with E-state index in [-0.39, 0.29) is 0 Å². The number of anilines is 2. The van der Waals surface area contributed by atoms with Crippen LogP contribution in [0, 0.1) is 5.92 Å². The Morgan fingerprint density at radius 2 is 1.59 bits per heavy atom. The first-order chi connectivity index (χ1) is 18.1.